The monoisotopic (exact) mass is 281 g/mol. The van der Waals surface area contributed by atoms with Crippen molar-refractivity contribution in [3.05, 3.63) is 53.3 Å². The fourth-order valence-electron chi connectivity index (χ4n) is 1.65. The molecule has 5 N–H and O–H groups in total. The minimum absolute atomic E-state index is 0.0206. The van der Waals surface area contributed by atoms with Crippen molar-refractivity contribution in [1.29, 1.82) is 0 Å². The topological polar surface area (TPSA) is 81.1 Å². The maximum atomic E-state index is 13.5. The number of nitrogens with one attached hydrogen (secondary N) is 1. The van der Waals surface area contributed by atoms with Gasteiger partial charge in [0.05, 0.1) is 11.3 Å². The molecule has 7 heteroatoms. The molecule has 0 fully saturated rings. The quantitative estimate of drug-likeness (QED) is 0.597. The molecule has 20 heavy (non-hydrogen) atoms. The van der Waals surface area contributed by atoms with Crippen molar-refractivity contribution in [3.8, 4) is 0 Å². The molecule has 4 nitrogen and oxygen atoms in total. The van der Waals surface area contributed by atoms with E-state index in [1.54, 1.807) is 0 Å². The van der Waals surface area contributed by atoms with Gasteiger partial charge in [-0.1, -0.05) is 0 Å². The van der Waals surface area contributed by atoms with Gasteiger partial charge in [0.15, 0.2) is 11.6 Å². The molecular weight excluding hydrogens is 271 g/mol. The zero-order valence-electron chi connectivity index (χ0n) is 10.1. The smallest absolute Gasteiger partial charge is 0.250 e. The van der Waals surface area contributed by atoms with Crippen molar-refractivity contribution in [2.24, 2.45) is 5.73 Å². The van der Waals surface area contributed by atoms with Crippen LogP contribution in [0, 0.1) is 17.5 Å². The number of halogens is 3. The SMILES string of the molecule is NC(=O)c1cc(Nc2cc(F)cc(F)c2F)ccc1N. The third kappa shape index (κ3) is 2.66. The van der Waals surface area contributed by atoms with Gasteiger partial charge in [-0.05, 0) is 18.2 Å². The maximum Gasteiger partial charge on any atom is 0.250 e. The molecule has 2 aromatic rings. The molecule has 0 spiro atoms. The average molecular weight is 281 g/mol. The van der Waals surface area contributed by atoms with Crippen LogP contribution in [0.3, 0.4) is 0 Å². The van der Waals surface area contributed by atoms with Crippen LogP contribution in [0.15, 0.2) is 30.3 Å². The minimum Gasteiger partial charge on any atom is -0.398 e. The lowest BCUT2D eigenvalue weighted by Crippen LogP contribution is -2.13. The van der Waals surface area contributed by atoms with E-state index < -0.39 is 29.0 Å². The zero-order chi connectivity index (χ0) is 14.9. The predicted octanol–water partition coefficient (Wildman–Crippen LogP) is 2.53. The van der Waals surface area contributed by atoms with Crippen LogP contribution >= 0.6 is 0 Å². The Kier molecular flexibility index (Phi) is 3.51. The highest BCUT2D eigenvalue weighted by molar-refractivity contribution is 5.99. The number of hydrogen-bond acceptors (Lipinski definition) is 3. The summed E-state index contributed by atoms with van der Waals surface area (Å²) in [5.74, 6) is -4.25. The Bertz CT molecular complexity index is 689. The lowest BCUT2D eigenvalue weighted by Gasteiger charge is -2.10. The fraction of sp³-hybridized carbons (Fsp3) is 0. The Morgan fingerprint density at radius 3 is 2.45 bits per heavy atom. The molecule has 0 atom stereocenters. The number of nitrogen functional groups attached to an aromatic ring is 1. The van der Waals surface area contributed by atoms with E-state index in [2.05, 4.69) is 5.32 Å². The first-order valence-corrected chi connectivity index (χ1v) is 5.49. The molecule has 1 amide bonds. The standard InChI is InChI=1S/C13H10F3N3O/c14-6-3-9(15)12(16)11(4-6)19-7-1-2-10(17)8(5-7)13(18)20/h1-5,19H,17H2,(H2,18,20). The first-order chi connectivity index (χ1) is 9.38. The van der Waals surface area contributed by atoms with Crippen molar-refractivity contribution in [2.45, 2.75) is 0 Å². The fourth-order valence-corrected chi connectivity index (χ4v) is 1.65. The highest BCUT2D eigenvalue weighted by Gasteiger charge is 2.12. The number of primary amides is 1. The summed E-state index contributed by atoms with van der Waals surface area (Å²) in [6.45, 7) is 0. The van der Waals surface area contributed by atoms with Gasteiger partial charge in [-0.2, -0.15) is 0 Å². The number of anilines is 3. The summed E-state index contributed by atoms with van der Waals surface area (Å²) < 4.78 is 39.6. The second-order valence-electron chi connectivity index (χ2n) is 4.04. The lowest BCUT2D eigenvalue weighted by molar-refractivity contribution is 0.100. The van der Waals surface area contributed by atoms with Gasteiger partial charge in [-0.3, -0.25) is 4.79 Å². The van der Waals surface area contributed by atoms with Crippen molar-refractivity contribution < 1.29 is 18.0 Å². The summed E-state index contributed by atoms with van der Waals surface area (Å²) in [6, 6.07) is 5.27. The molecular formula is C13H10F3N3O. The van der Waals surface area contributed by atoms with Crippen LogP contribution in [0.25, 0.3) is 0 Å². The van der Waals surface area contributed by atoms with Gasteiger partial charge in [0.1, 0.15) is 5.82 Å². The number of rotatable bonds is 3. The van der Waals surface area contributed by atoms with E-state index in [4.69, 9.17) is 11.5 Å². The Morgan fingerprint density at radius 2 is 1.80 bits per heavy atom. The third-order valence-corrected chi connectivity index (χ3v) is 2.59. The summed E-state index contributed by atoms with van der Waals surface area (Å²) in [7, 11) is 0. The summed E-state index contributed by atoms with van der Waals surface area (Å²) in [4.78, 5) is 11.1. The molecule has 0 saturated heterocycles. The van der Waals surface area contributed by atoms with Crippen LogP contribution < -0.4 is 16.8 Å². The van der Waals surface area contributed by atoms with Crippen LogP contribution in [-0.2, 0) is 0 Å². The van der Waals surface area contributed by atoms with Gasteiger partial charge < -0.3 is 16.8 Å². The molecule has 0 bridgehead atoms. The maximum absolute atomic E-state index is 13.5. The van der Waals surface area contributed by atoms with Crippen LogP contribution in [0.1, 0.15) is 10.4 Å². The molecule has 2 rings (SSSR count). The van der Waals surface area contributed by atoms with Gasteiger partial charge in [-0.15, -0.1) is 0 Å². The number of carbonyl (C=O) groups excluding carboxylic acids is 1. The number of hydrogen-bond donors (Lipinski definition) is 3. The molecule has 0 aliphatic carbocycles. The molecule has 0 aromatic heterocycles. The van der Waals surface area contributed by atoms with E-state index in [9.17, 15) is 18.0 Å². The van der Waals surface area contributed by atoms with Gasteiger partial charge in [0.2, 0.25) is 0 Å². The van der Waals surface area contributed by atoms with E-state index in [-0.39, 0.29) is 16.9 Å². The lowest BCUT2D eigenvalue weighted by atomic mass is 10.1. The van der Waals surface area contributed by atoms with Crippen molar-refractivity contribution >= 4 is 23.0 Å². The summed E-state index contributed by atoms with van der Waals surface area (Å²) in [6.07, 6.45) is 0. The number of carbonyl (C=O) groups is 1. The van der Waals surface area contributed by atoms with Crippen LogP contribution in [-0.4, -0.2) is 5.91 Å². The minimum atomic E-state index is -1.32. The number of nitrogens with two attached hydrogens (primary N) is 2. The van der Waals surface area contributed by atoms with Gasteiger partial charge in [-0.25, -0.2) is 13.2 Å². The number of benzene rings is 2. The van der Waals surface area contributed by atoms with Gasteiger partial charge in [0.25, 0.3) is 5.91 Å². The summed E-state index contributed by atoms with van der Waals surface area (Å²) in [5, 5.41) is 2.46. The third-order valence-electron chi connectivity index (χ3n) is 2.59. The van der Waals surface area contributed by atoms with Gasteiger partial charge >= 0.3 is 0 Å². The van der Waals surface area contributed by atoms with E-state index in [1.807, 2.05) is 0 Å². The Morgan fingerprint density at radius 1 is 1.10 bits per heavy atom. The van der Waals surface area contributed by atoms with E-state index in [0.29, 0.717) is 6.07 Å². The van der Waals surface area contributed by atoms with Crippen molar-refractivity contribution in [3.63, 3.8) is 0 Å². The number of amides is 1. The van der Waals surface area contributed by atoms with E-state index >= 15 is 0 Å². The van der Waals surface area contributed by atoms with E-state index in [1.165, 1.54) is 18.2 Å². The van der Waals surface area contributed by atoms with Crippen LogP contribution in [0.4, 0.5) is 30.2 Å². The Labute approximate surface area is 112 Å². The zero-order valence-corrected chi connectivity index (χ0v) is 10.1. The second-order valence-corrected chi connectivity index (χ2v) is 4.04. The second kappa shape index (κ2) is 5.12. The van der Waals surface area contributed by atoms with E-state index in [0.717, 1.165) is 6.07 Å². The van der Waals surface area contributed by atoms with Gasteiger partial charge in [0, 0.05) is 23.5 Å². The summed E-state index contributed by atoms with van der Waals surface area (Å²) >= 11 is 0. The molecule has 2 aromatic carbocycles. The Hall–Kier alpha value is -2.70. The molecule has 104 valence electrons. The van der Waals surface area contributed by atoms with Crippen LogP contribution in [0.5, 0.6) is 0 Å². The molecule has 0 unspecified atom stereocenters. The first kappa shape index (κ1) is 13.7. The molecule has 0 heterocycles. The molecule has 0 saturated carbocycles. The first-order valence-electron chi connectivity index (χ1n) is 5.49. The predicted molar refractivity (Wildman–Crippen MR) is 69.0 cm³/mol. The normalized spacial score (nSPS) is 10.3. The van der Waals surface area contributed by atoms with Crippen molar-refractivity contribution in [1.82, 2.24) is 0 Å². The summed E-state index contributed by atoms with van der Waals surface area (Å²) in [5.41, 5.74) is 10.6. The Balaban J connectivity index is 2.40. The molecule has 0 aliphatic heterocycles. The largest absolute Gasteiger partial charge is 0.398 e. The highest BCUT2D eigenvalue weighted by Crippen LogP contribution is 2.25. The molecule has 0 aliphatic rings. The van der Waals surface area contributed by atoms with Crippen LogP contribution in [0.2, 0.25) is 0 Å². The average Bonchev–Trinajstić information content (AvgIpc) is 2.37. The molecule has 0 radical (unpaired) electrons. The highest BCUT2D eigenvalue weighted by atomic mass is 19.2. The van der Waals surface area contributed by atoms with Crippen molar-refractivity contribution in [2.75, 3.05) is 11.1 Å².